The summed E-state index contributed by atoms with van der Waals surface area (Å²) in [6.07, 6.45) is -0.611. The third-order valence-electron chi connectivity index (χ3n) is 3.10. The molecule has 0 aliphatic rings. The summed E-state index contributed by atoms with van der Waals surface area (Å²) in [6, 6.07) is 16.8. The van der Waals surface area contributed by atoms with Gasteiger partial charge in [-0.3, -0.25) is 0 Å². The van der Waals surface area contributed by atoms with Gasteiger partial charge in [-0.05, 0) is 42.8 Å². The van der Waals surface area contributed by atoms with Gasteiger partial charge in [0.15, 0.2) is 0 Å². The van der Waals surface area contributed by atoms with Crippen molar-refractivity contribution in [1.29, 1.82) is 5.26 Å². The standard InChI is InChI=1S/C17H18N2O2/c1-13-4-2-3-5-17(13)19-11-15(20)12-21-16-8-6-14(10-18)7-9-16/h2-9,15,19-20H,11-12H2,1H3. The zero-order valence-electron chi connectivity index (χ0n) is 11.9. The van der Waals surface area contributed by atoms with E-state index in [1.165, 1.54) is 0 Å². The van der Waals surface area contributed by atoms with E-state index in [2.05, 4.69) is 5.32 Å². The largest absolute Gasteiger partial charge is 0.491 e. The summed E-state index contributed by atoms with van der Waals surface area (Å²) in [5.74, 6) is 0.643. The van der Waals surface area contributed by atoms with Crippen LogP contribution in [0.15, 0.2) is 48.5 Å². The van der Waals surface area contributed by atoms with Crippen molar-refractivity contribution in [3.05, 3.63) is 59.7 Å². The maximum absolute atomic E-state index is 9.92. The van der Waals surface area contributed by atoms with Crippen LogP contribution in [0.25, 0.3) is 0 Å². The van der Waals surface area contributed by atoms with Crippen molar-refractivity contribution in [2.45, 2.75) is 13.0 Å². The van der Waals surface area contributed by atoms with Crippen LogP contribution in [0.2, 0.25) is 0 Å². The van der Waals surface area contributed by atoms with Crippen LogP contribution in [0.3, 0.4) is 0 Å². The zero-order valence-corrected chi connectivity index (χ0v) is 11.9. The second kappa shape index (κ2) is 7.32. The molecule has 4 heteroatoms. The quantitative estimate of drug-likeness (QED) is 0.855. The van der Waals surface area contributed by atoms with E-state index in [1.807, 2.05) is 37.3 Å². The molecule has 0 bridgehead atoms. The molecule has 1 unspecified atom stereocenters. The number of anilines is 1. The summed E-state index contributed by atoms with van der Waals surface area (Å²) in [4.78, 5) is 0. The molecule has 2 N–H and O–H groups in total. The van der Waals surface area contributed by atoms with E-state index < -0.39 is 6.10 Å². The number of hydrogen-bond donors (Lipinski definition) is 2. The topological polar surface area (TPSA) is 65.3 Å². The van der Waals surface area contributed by atoms with Crippen molar-refractivity contribution in [3.8, 4) is 11.8 Å². The first-order valence-electron chi connectivity index (χ1n) is 6.79. The molecule has 0 saturated carbocycles. The van der Waals surface area contributed by atoms with E-state index >= 15 is 0 Å². The van der Waals surface area contributed by atoms with E-state index in [0.717, 1.165) is 11.3 Å². The van der Waals surface area contributed by atoms with Gasteiger partial charge in [-0.2, -0.15) is 5.26 Å². The molecule has 0 spiro atoms. The number of aliphatic hydroxyl groups is 1. The Morgan fingerprint density at radius 2 is 1.90 bits per heavy atom. The van der Waals surface area contributed by atoms with Gasteiger partial charge in [-0.15, -0.1) is 0 Å². The first kappa shape index (κ1) is 14.9. The molecule has 0 radical (unpaired) electrons. The highest BCUT2D eigenvalue weighted by molar-refractivity contribution is 5.50. The summed E-state index contributed by atoms with van der Waals surface area (Å²) < 4.78 is 5.49. The lowest BCUT2D eigenvalue weighted by Gasteiger charge is -2.15. The highest BCUT2D eigenvalue weighted by atomic mass is 16.5. The summed E-state index contributed by atoms with van der Waals surface area (Å²) >= 11 is 0. The van der Waals surface area contributed by atoms with Crippen LogP contribution in [0, 0.1) is 18.3 Å². The lowest BCUT2D eigenvalue weighted by Crippen LogP contribution is -2.26. The van der Waals surface area contributed by atoms with Crippen LogP contribution in [-0.2, 0) is 0 Å². The molecule has 2 aromatic carbocycles. The third kappa shape index (κ3) is 4.51. The van der Waals surface area contributed by atoms with Crippen LogP contribution in [0.5, 0.6) is 5.75 Å². The van der Waals surface area contributed by atoms with E-state index in [1.54, 1.807) is 24.3 Å². The minimum absolute atomic E-state index is 0.199. The average Bonchev–Trinajstić information content (AvgIpc) is 2.52. The van der Waals surface area contributed by atoms with Crippen LogP contribution in [0.4, 0.5) is 5.69 Å². The molecule has 0 aliphatic heterocycles. The highest BCUT2D eigenvalue weighted by Crippen LogP contribution is 2.14. The number of nitrogens with one attached hydrogen (secondary N) is 1. The summed E-state index contributed by atoms with van der Waals surface area (Å²) in [5.41, 5.74) is 2.73. The molecular formula is C17H18N2O2. The number of ether oxygens (including phenoxy) is 1. The van der Waals surface area contributed by atoms with Crippen molar-refractivity contribution in [2.24, 2.45) is 0 Å². The van der Waals surface area contributed by atoms with E-state index in [0.29, 0.717) is 17.9 Å². The fourth-order valence-electron chi connectivity index (χ4n) is 1.88. The number of aryl methyl sites for hydroxylation is 1. The monoisotopic (exact) mass is 282 g/mol. The Morgan fingerprint density at radius 3 is 2.57 bits per heavy atom. The Balaban J connectivity index is 1.78. The number of nitriles is 1. The Hall–Kier alpha value is -2.51. The molecule has 108 valence electrons. The predicted octanol–water partition coefficient (Wildman–Crippen LogP) is 2.72. The molecule has 0 fully saturated rings. The number of rotatable bonds is 6. The maximum atomic E-state index is 9.92. The van der Waals surface area contributed by atoms with Gasteiger partial charge in [-0.1, -0.05) is 18.2 Å². The van der Waals surface area contributed by atoms with Crippen molar-refractivity contribution < 1.29 is 9.84 Å². The Labute approximate surface area is 124 Å². The lowest BCUT2D eigenvalue weighted by molar-refractivity contribution is 0.117. The molecule has 21 heavy (non-hydrogen) atoms. The van der Waals surface area contributed by atoms with Gasteiger partial charge in [0.05, 0.1) is 11.6 Å². The first-order valence-corrected chi connectivity index (χ1v) is 6.79. The molecule has 0 saturated heterocycles. The third-order valence-corrected chi connectivity index (χ3v) is 3.10. The Morgan fingerprint density at radius 1 is 1.19 bits per heavy atom. The van der Waals surface area contributed by atoms with Crippen molar-refractivity contribution in [3.63, 3.8) is 0 Å². The van der Waals surface area contributed by atoms with Crippen LogP contribution >= 0.6 is 0 Å². The first-order chi connectivity index (χ1) is 10.2. The molecule has 4 nitrogen and oxygen atoms in total. The summed E-state index contributed by atoms with van der Waals surface area (Å²) in [5, 5.41) is 21.8. The van der Waals surface area contributed by atoms with E-state index in [-0.39, 0.29) is 6.61 Å². The lowest BCUT2D eigenvalue weighted by atomic mass is 10.2. The minimum atomic E-state index is -0.611. The number of nitrogens with zero attached hydrogens (tertiary/aromatic N) is 1. The summed E-state index contributed by atoms with van der Waals surface area (Å²) in [6.45, 7) is 2.63. The SMILES string of the molecule is Cc1ccccc1NCC(O)COc1ccc(C#N)cc1. The second-order valence-electron chi connectivity index (χ2n) is 4.80. The smallest absolute Gasteiger partial charge is 0.119 e. The number of benzene rings is 2. The van der Waals surface area contributed by atoms with Gasteiger partial charge in [0.25, 0.3) is 0 Å². The second-order valence-corrected chi connectivity index (χ2v) is 4.80. The fraction of sp³-hybridized carbons (Fsp3) is 0.235. The molecule has 0 amide bonds. The summed E-state index contributed by atoms with van der Waals surface area (Å²) in [7, 11) is 0. The highest BCUT2D eigenvalue weighted by Gasteiger charge is 2.06. The molecule has 0 aliphatic carbocycles. The van der Waals surface area contributed by atoms with Crippen LogP contribution < -0.4 is 10.1 Å². The Bertz CT molecular complexity index is 617. The van der Waals surface area contributed by atoms with Crippen LogP contribution in [0.1, 0.15) is 11.1 Å². The van der Waals surface area contributed by atoms with Gasteiger partial charge in [0.2, 0.25) is 0 Å². The molecule has 0 aromatic heterocycles. The van der Waals surface area contributed by atoms with Gasteiger partial charge < -0.3 is 15.2 Å². The Kier molecular flexibility index (Phi) is 5.19. The van der Waals surface area contributed by atoms with E-state index in [4.69, 9.17) is 10.00 Å². The van der Waals surface area contributed by atoms with Gasteiger partial charge in [-0.25, -0.2) is 0 Å². The fourth-order valence-corrected chi connectivity index (χ4v) is 1.88. The van der Waals surface area contributed by atoms with Crippen molar-refractivity contribution >= 4 is 5.69 Å². The predicted molar refractivity (Wildman–Crippen MR) is 82.3 cm³/mol. The molecular weight excluding hydrogens is 264 g/mol. The number of aliphatic hydroxyl groups excluding tert-OH is 1. The molecule has 2 rings (SSSR count). The van der Waals surface area contributed by atoms with Gasteiger partial charge >= 0.3 is 0 Å². The molecule has 1 atom stereocenters. The maximum Gasteiger partial charge on any atom is 0.119 e. The average molecular weight is 282 g/mol. The zero-order chi connectivity index (χ0) is 15.1. The minimum Gasteiger partial charge on any atom is -0.491 e. The van der Waals surface area contributed by atoms with Gasteiger partial charge in [0.1, 0.15) is 18.5 Å². The number of hydrogen-bond acceptors (Lipinski definition) is 4. The van der Waals surface area contributed by atoms with Crippen molar-refractivity contribution in [1.82, 2.24) is 0 Å². The molecule has 0 heterocycles. The normalized spacial score (nSPS) is 11.5. The van der Waals surface area contributed by atoms with E-state index in [9.17, 15) is 5.11 Å². The van der Waals surface area contributed by atoms with Crippen LogP contribution in [-0.4, -0.2) is 24.4 Å². The van der Waals surface area contributed by atoms with Crippen molar-refractivity contribution in [2.75, 3.05) is 18.5 Å². The number of para-hydroxylation sites is 1. The van der Waals surface area contributed by atoms with Gasteiger partial charge in [0, 0.05) is 12.2 Å². The molecule has 2 aromatic rings.